The second-order valence-corrected chi connectivity index (χ2v) is 6.99. The van der Waals surface area contributed by atoms with Crippen LogP contribution in [0.3, 0.4) is 0 Å². The highest BCUT2D eigenvalue weighted by Gasteiger charge is 2.30. The average molecular weight is 383 g/mol. The molecule has 0 aliphatic carbocycles. The van der Waals surface area contributed by atoms with Crippen molar-refractivity contribution in [3.63, 3.8) is 0 Å². The van der Waals surface area contributed by atoms with Crippen molar-refractivity contribution in [2.75, 3.05) is 18.4 Å². The number of hydrogen-bond donors (Lipinski definition) is 2. The van der Waals surface area contributed by atoms with Gasteiger partial charge in [-0.25, -0.2) is 0 Å². The fraction of sp³-hybridized carbons (Fsp3) is 0.562. The minimum Gasteiger partial charge on any atom is -0.325 e. The number of hydrogen-bond acceptors (Lipinski definition) is 3. The van der Waals surface area contributed by atoms with E-state index in [-0.39, 0.29) is 46.6 Å². The zero-order valence-corrected chi connectivity index (χ0v) is 15.0. The first kappa shape index (κ1) is 21.1. The molecule has 0 radical (unpaired) electrons. The monoisotopic (exact) mass is 382 g/mol. The van der Waals surface area contributed by atoms with Crippen LogP contribution in [0.15, 0.2) is 29.2 Å². The number of piperidine rings is 1. The van der Waals surface area contributed by atoms with Gasteiger partial charge in [-0.2, -0.15) is 13.2 Å². The van der Waals surface area contributed by atoms with E-state index in [1.54, 1.807) is 6.07 Å². The first-order valence-electron chi connectivity index (χ1n) is 7.70. The van der Waals surface area contributed by atoms with Crippen LogP contribution in [0.1, 0.15) is 26.2 Å². The van der Waals surface area contributed by atoms with Gasteiger partial charge in [0.15, 0.2) is 0 Å². The SMILES string of the molecule is CC(CC(=O)Nc1ccccc1SC(F)(F)F)C1CCCNC1.Cl. The minimum absolute atomic E-state index is 0. The number of benzene rings is 1. The van der Waals surface area contributed by atoms with Crippen molar-refractivity contribution in [1.29, 1.82) is 0 Å². The summed E-state index contributed by atoms with van der Waals surface area (Å²) < 4.78 is 37.7. The van der Waals surface area contributed by atoms with Gasteiger partial charge in [0.1, 0.15) is 0 Å². The second kappa shape index (κ2) is 9.53. The molecule has 2 rings (SSSR count). The summed E-state index contributed by atoms with van der Waals surface area (Å²) in [6, 6.07) is 6.01. The van der Waals surface area contributed by atoms with E-state index in [1.165, 1.54) is 18.2 Å². The fourth-order valence-electron chi connectivity index (χ4n) is 2.81. The Morgan fingerprint density at radius 1 is 1.42 bits per heavy atom. The molecule has 1 aliphatic rings. The molecule has 1 aliphatic heterocycles. The van der Waals surface area contributed by atoms with Crippen LogP contribution in [0, 0.1) is 11.8 Å². The van der Waals surface area contributed by atoms with Crippen LogP contribution in [0.2, 0.25) is 0 Å². The number of para-hydroxylation sites is 1. The lowest BCUT2D eigenvalue weighted by Gasteiger charge is -2.28. The summed E-state index contributed by atoms with van der Waals surface area (Å²) in [6.07, 6.45) is 2.50. The van der Waals surface area contributed by atoms with Gasteiger partial charge in [-0.1, -0.05) is 19.1 Å². The largest absolute Gasteiger partial charge is 0.446 e. The van der Waals surface area contributed by atoms with Crippen LogP contribution in [0.4, 0.5) is 18.9 Å². The lowest BCUT2D eigenvalue weighted by atomic mass is 9.85. The zero-order chi connectivity index (χ0) is 16.9. The number of carbonyl (C=O) groups is 1. The van der Waals surface area contributed by atoms with Crippen LogP contribution in [0.5, 0.6) is 0 Å². The molecule has 1 fully saturated rings. The Hall–Kier alpha value is -0.920. The van der Waals surface area contributed by atoms with Gasteiger partial charge in [0.25, 0.3) is 0 Å². The summed E-state index contributed by atoms with van der Waals surface area (Å²) in [5.74, 6) is 0.401. The second-order valence-electron chi connectivity index (χ2n) is 5.88. The minimum atomic E-state index is -4.37. The van der Waals surface area contributed by atoms with Crippen molar-refractivity contribution in [3.8, 4) is 0 Å². The van der Waals surface area contributed by atoms with Crippen molar-refractivity contribution in [1.82, 2.24) is 5.32 Å². The molecule has 8 heteroatoms. The van der Waals surface area contributed by atoms with Crippen LogP contribution in [-0.2, 0) is 4.79 Å². The lowest BCUT2D eigenvalue weighted by Crippen LogP contribution is -2.34. The molecule has 1 amide bonds. The van der Waals surface area contributed by atoms with Gasteiger partial charge >= 0.3 is 5.51 Å². The first-order chi connectivity index (χ1) is 10.8. The van der Waals surface area contributed by atoms with Crippen LogP contribution < -0.4 is 10.6 Å². The van der Waals surface area contributed by atoms with Gasteiger partial charge in [0.05, 0.1) is 5.69 Å². The molecule has 0 spiro atoms. The number of thioether (sulfide) groups is 1. The Bertz CT molecular complexity index is 536. The van der Waals surface area contributed by atoms with Gasteiger partial charge in [0.2, 0.25) is 5.91 Å². The molecule has 0 saturated carbocycles. The van der Waals surface area contributed by atoms with Gasteiger partial charge in [0, 0.05) is 11.3 Å². The van der Waals surface area contributed by atoms with E-state index in [0.29, 0.717) is 12.3 Å². The summed E-state index contributed by atoms with van der Waals surface area (Å²) in [6.45, 7) is 3.93. The molecule has 2 N–H and O–H groups in total. The molecule has 0 aromatic heterocycles. The molecule has 1 aromatic rings. The molecule has 2 atom stereocenters. The van der Waals surface area contributed by atoms with E-state index < -0.39 is 5.51 Å². The van der Waals surface area contributed by atoms with E-state index in [2.05, 4.69) is 10.6 Å². The summed E-state index contributed by atoms with van der Waals surface area (Å²) in [4.78, 5) is 12.2. The Morgan fingerprint density at radius 2 is 2.12 bits per heavy atom. The van der Waals surface area contributed by atoms with Crippen molar-refractivity contribution in [2.45, 2.75) is 36.6 Å². The van der Waals surface area contributed by atoms with Crippen molar-refractivity contribution < 1.29 is 18.0 Å². The molecule has 2 unspecified atom stereocenters. The topological polar surface area (TPSA) is 41.1 Å². The van der Waals surface area contributed by atoms with Gasteiger partial charge in [-0.15, -0.1) is 12.4 Å². The zero-order valence-electron chi connectivity index (χ0n) is 13.4. The molecule has 24 heavy (non-hydrogen) atoms. The molecule has 3 nitrogen and oxygen atoms in total. The van der Waals surface area contributed by atoms with Gasteiger partial charge in [-0.3, -0.25) is 4.79 Å². The van der Waals surface area contributed by atoms with E-state index in [1.807, 2.05) is 6.92 Å². The van der Waals surface area contributed by atoms with E-state index >= 15 is 0 Å². The predicted molar refractivity (Wildman–Crippen MR) is 93.6 cm³/mol. The van der Waals surface area contributed by atoms with Crippen molar-refractivity contribution in [2.24, 2.45) is 11.8 Å². The molecule has 0 bridgehead atoms. The number of carbonyl (C=O) groups excluding carboxylic acids is 1. The summed E-state index contributed by atoms with van der Waals surface area (Å²) >= 11 is -0.208. The third-order valence-corrected chi connectivity index (χ3v) is 4.84. The van der Waals surface area contributed by atoms with Gasteiger partial charge in [-0.05, 0) is 61.7 Å². The normalized spacial score (nSPS) is 19.2. The van der Waals surface area contributed by atoms with E-state index in [0.717, 1.165) is 25.9 Å². The smallest absolute Gasteiger partial charge is 0.325 e. The molecular weight excluding hydrogens is 361 g/mol. The summed E-state index contributed by atoms with van der Waals surface area (Å²) in [5, 5.41) is 5.94. The maximum atomic E-state index is 12.6. The summed E-state index contributed by atoms with van der Waals surface area (Å²) in [5.41, 5.74) is -4.16. The lowest BCUT2D eigenvalue weighted by molar-refractivity contribution is -0.117. The number of alkyl halides is 3. The Morgan fingerprint density at radius 3 is 2.75 bits per heavy atom. The third-order valence-electron chi connectivity index (χ3n) is 4.03. The quantitative estimate of drug-likeness (QED) is 0.726. The summed E-state index contributed by atoms with van der Waals surface area (Å²) in [7, 11) is 0. The maximum Gasteiger partial charge on any atom is 0.446 e. The van der Waals surface area contributed by atoms with Crippen LogP contribution in [0.25, 0.3) is 0 Å². The molecule has 1 heterocycles. The fourth-order valence-corrected chi connectivity index (χ4v) is 3.43. The highest BCUT2D eigenvalue weighted by atomic mass is 35.5. The Labute approximate surface area is 150 Å². The van der Waals surface area contributed by atoms with Crippen molar-refractivity contribution >= 4 is 35.8 Å². The van der Waals surface area contributed by atoms with Gasteiger partial charge < -0.3 is 10.6 Å². The number of rotatable bonds is 5. The van der Waals surface area contributed by atoms with E-state index in [9.17, 15) is 18.0 Å². The third kappa shape index (κ3) is 6.91. The highest BCUT2D eigenvalue weighted by Crippen LogP contribution is 2.40. The molecule has 1 aromatic carbocycles. The number of amides is 1. The average Bonchev–Trinajstić information content (AvgIpc) is 2.48. The molecule has 1 saturated heterocycles. The number of nitrogens with one attached hydrogen (secondary N) is 2. The molecule has 136 valence electrons. The van der Waals surface area contributed by atoms with E-state index in [4.69, 9.17) is 0 Å². The predicted octanol–water partition coefficient (Wildman–Crippen LogP) is 4.68. The Balaban J connectivity index is 0.00000288. The highest BCUT2D eigenvalue weighted by molar-refractivity contribution is 8.00. The first-order valence-corrected chi connectivity index (χ1v) is 8.52. The van der Waals surface area contributed by atoms with Crippen molar-refractivity contribution in [3.05, 3.63) is 24.3 Å². The number of halogens is 4. The van der Waals surface area contributed by atoms with Crippen LogP contribution >= 0.6 is 24.2 Å². The standard InChI is InChI=1S/C16H21F3N2OS.ClH/c1-11(12-5-4-8-20-10-12)9-15(22)21-13-6-2-3-7-14(13)23-16(17,18)19;/h2-3,6-7,11-12,20H,4-5,8-10H2,1H3,(H,21,22);1H. The van der Waals surface area contributed by atoms with Crippen LogP contribution in [-0.4, -0.2) is 24.5 Å². The Kier molecular flexibility index (Phi) is 8.39. The molecular formula is C16H22ClF3N2OS. The maximum absolute atomic E-state index is 12.6. The number of anilines is 1.